The van der Waals surface area contributed by atoms with Gasteiger partial charge < -0.3 is 19.4 Å². The van der Waals surface area contributed by atoms with Gasteiger partial charge in [-0.25, -0.2) is 9.07 Å². The minimum absolute atomic E-state index is 0.0504. The van der Waals surface area contributed by atoms with Crippen LogP contribution in [0.5, 0.6) is 0 Å². The van der Waals surface area contributed by atoms with E-state index >= 15 is 0 Å². The zero-order valence-corrected chi connectivity index (χ0v) is 18.6. The highest BCUT2D eigenvalue weighted by Gasteiger charge is 2.34. The topological polar surface area (TPSA) is 102 Å². The predicted molar refractivity (Wildman–Crippen MR) is 121 cm³/mol. The molecule has 0 saturated heterocycles. The molecule has 2 aromatic heterocycles. The lowest BCUT2D eigenvalue weighted by atomic mass is 10.1. The number of hydrogen-bond acceptors (Lipinski definition) is 6. The Bertz CT molecular complexity index is 1240. The van der Waals surface area contributed by atoms with Crippen LogP contribution in [0, 0.1) is 5.82 Å². The summed E-state index contributed by atoms with van der Waals surface area (Å²) in [5, 5.41) is 11.0. The van der Waals surface area contributed by atoms with Gasteiger partial charge in [-0.1, -0.05) is 29.5 Å². The molecule has 4 rings (SSSR count). The van der Waals surface area contributed by atoms with E-state index in [1.165, 1.54) is 35.1 Å². The fraction of sp³-hybridized carbons (Fsp3) is 0.250. The molecule has 0 spiro atoms. The zero-order valence-electron chi connectivity index (χ0n) is 18.6. The number of nitrogens with zero attached hydrogens (tertiary/aromatic N) is 4. The summed E-state index contributed by atoms with van der Waals surface area (Å²) in [6.45, 7) is 0.478. The Morgan fingerprint density at radius 2 is 1.94 bits per heavy atom. The summed E-state index contributed by atoms with van der Waals surface area (Å²) in [5.41, 5.74) is 2.00. The lowest BCUT2D eigenvalue weighted by molar-refractivity contribution is -0.143. The van der Waals surface area contributed by atoms with Gasteiger partial charge in [0.15, 0.2) is 6.04 Å². The Kier molecular flexibility index (Phi) is 7.28. The van der Waals surface area contributed by atoms with Crippen molar-refractivity contribution in [2.24, 2.45) is 0 Å². The number of halogens is 1. The molecule has 176 valence electrons. The Morgan fingerprint density at radius 1 is 1.15 bits per heavy atom. The van der Waals surface area contributed by atoms with E-state index in [1.807, 2.05) is 18.2 Å². The number of para-hydroxylation sites is 1. The van der Waals surface area contributed by atoms with Crippen LogP contribution >= 0.6 is 0 Å². The van der Waals surface area contributed by atoms with Crippen LogP contribution < -0.4 is 5.32 Å². The molecule has 2 heterocycles. The largest absolute Gasteiger partial charge is 0.467 e. The summed E-state index contributed by atoms with van der Waals surface area (Å²) in [5.74, 6) is -0.904. The van der Waals surface area contributed by atoms with Gasteiger partial charge in [-0.05, 0) is 42.0 Å². The molecule has 34 heavy (non-hydrogen) atoms. The van der Waals surface area contributed by atoms with E-state index in [1.54, 1.807) is 30.3 Å². The maximum atomic E-state index is 13.6. The summed E-state index contributed by atoms with van der Waals surface area (Å²) >= 11 is 0. The van der Waals surface area contributed by atoms with Crippen molar-refractivity contribution in [3.05, 3.63) is 84.1 Å². The van der Waals surface area contributed by atoms with Crippen molar-refractivity contribution in [2.45, 2.75) is 19.1 Å². The molecule has 10 heteroatoms. The van der Waals surface area contributed by atoms with Crippen LogP contribution in [-0.2, 0) is 27.4 Å². The lowest BCUT2D eigenvalue weighted by Gasteiger charge is -2.30. The summed E-state index contributed by atoms with van der Waals surface area (Å²) < 4.78 is 25.5. The average Bonchev–Trinajstić information content (AvgIpc) is 3.51. The molecule has 0 radical (unpaired) electrons. The van der Waals surface area contributed by atoms with Crippen molar-refractivity contribution in [1.82, 2.24) is 25.2 Å². The van der Waals surface area contributed by atoms with Crippen LogP contribution in [0.15, 0.2) is 71.3 Å². The molecule has 0 saturated carbocycles. The monoisotopic (exact) mass is 465 g/mol. The Hall–Kier alpha value is -4.05. The van der Waals surface area contributed by atoms with Gasteiger partial charge in [-0.3, -0.25) is 9.59 Å². The van der Waals surface area contributed by atoms with Crippen molar-refractivity contribution in [3.63, 3.8) is 0 Å². The van der Waals surface area contributed by atoms with E-state index in [9.17, 15) is 14.0 Å². The van der Waals surface area contributed by atoms with Gasteiger partial charge in [0.25, 0.3) is 5.91 Å². The molecule has 9 nitrogen and oxygen atoms in total. The maximum absolute atomic E-state index is 13.6. The van der Waals surface area contributed by atoms with Gasteiger partial charge in [0.05, 0.1) is 18.4 Å². The van der Waals surface area contributed by atoms with Crippen molar-refractivity contribution >= 4 is 22.8 Å². The fourth-order valence-electron chi connectivity index (χ4n) is 3.61. The third-order valence-electron chi connectivity index (χ3n) is 5.27. The number of carbonyl (C=O) groups is 2. The van der Waals surface area contributed by atoms with Gasteiger partial charge >= 0.3 is 0 Å². The molecule has 2 amide bonds. The van der Waals surface area contributed by atoms with Gasteiger partial charge in [0, 0.05) is 20.2 Å². The molecule has 2 aromatic carbocycles. The van der Waals surface area contributed by atoms with Gasteiger partial charge in [-0.2, -0.15) is 0 Å². The molecule has 1 N–H and O–H groups in total. The highest BCUT2D eigenvalue weighted by atomic mass is 19.1. The number of ether oxygens (including phenoxy) is 1. The number of carbonyl (C=O) groups excluding carboxylic acids is 2. The number of aromatic nitrogens is 3. The molecule has 1 unspecified atom stereocenters. The normalized spacial score (nSPS) is 11.9. The average molecular weight is 465 g/mol. The molecule has 0 fully saturated rings. The number of hydrogen-bond donors (Lipinski definition) is 1. The van der Waals surface area contributed by atoms with Crippen LogP contribution in [0.25, 0.3) is 11.0 Å². The van der Waals surface area contributed by atoms with Crippen LogP contribution in [0.4, 0.5) is 4.39 Å². The molecule has 1 atom stereocenters. The first-order chi connectivity index (χ1) is 16.6. The number of nitrogens with one attached hydrogen (secondary N) is 1. The van der Waals surface area contributed by atoms with Gasteiger partial charge in [0.2, 0.25) is 5.91 Å². The van der Waals surface area contributed by atoms with E-state index in [0.717, 1.165) is 0 Å². The number of benzene rings is 2. The minimum Gasteiger partial charge on any atom is -0.467 e. The summed E-state index contributed by atoms with van der Waals surface area (Å²) in [7, 11) is 1.53. The minimum atomic E-state index is -1.06. The zero-order chi connectivity index (χ0) is 23.9. The Balaban J connectivity index is 1.68. The van der Waals surface area contributed by atoms with E-state index in [2.05, 4.69) is 15.6 Å². The number of amides is 2. The summed E-state index contributed by atoms with van der Waals surface area (Å²) in [4.78, 5) is 28.2. The van der Waals surface area contributed by atoms with Crippen molar-refractivity contribution in [2.75, 3.05) is 20.3 Å². The second-order valence-electron chi connectivity index (χ2n) is 7.59. The smallest absolute Gasteiger partial charge is 0.250 e. The van der Waals surface area contributed by atoms with E-state index in [4.69, 9.17) is 9.15 Å². The van der Waals surface area contributed by atoms with Gasteiger partial charge in [0.1, 0.15) is 23.6 Å². The second kappa shape index (κ2) is 10.7. The second-order valence-corrected chi connectivity index (χ2v) is 7.59. The molecule has 0 aliphatic heterocycles. The summed E-state index contributed by atoms with van der Waals surface area (Å²) in [6.07, 6.45) is 1.44. The van der Waals surface area contributed by atoms with Crippen molar-refractivity contribution in [1.29, 1.82) is 0 Å². The van der Waals surface area contributed by atoms with E-state index in [0.29, 0.717) is 29.0 Å². The van der Waals surface area contributed by atoms with Crippen LogP contribution in [0.2, 0.25) is 0 Å². The Morgan fingerprint density at radius 3 is 2.68 bits per heavy atom. The van der Waals surface area contributed by atoms with Crippen LogP contribution in [-0.4, -0.2) is 52.0 Å². The Labute approximate surface area is 195 Å². The number of furan rings is 1. The first-order valence-electron chi connectivity index (χ1n) is 10.7. The molecular weight excluding hydrogens is 441 g/mol. The molecule has 0 bridgehead atoms. The number of rotatable bonds is 10. The maximum Gasteiger partial charge on any atom is 0.250 e. The lowest BCUT2D eigenvalue weighted by Crippen LogP contribution is -2.45. The standard InChI is InChI=1S/C24H24FN5O4/c1-33-14-12-26-24(32)23(21-7-4-13-34-21)29(15-17-8-10-18(25)11-9-17)22(31)16-30-20-6-3-2-5-19(20)27-28-30/h2-11,13,23H,12,14-16H2,1H3,(H,26,32). The van der Waals surface area contributed by atoms with Crippen molar-refractivity contribution in [3.8, 4) is 0 Å². The third kappa shape index (κ3) is 5.29. The molecular formula is C24H24FN5O4. The first kappa shape index (κ1) is 23.1. The fourth-order valence-corrected chi connectivity index (χ4v) is 3.61. The van der Waals surface area contributed by atoms with E-state index in [-0.39, 0.29) is 25.5 Å². The van der Waals surface area contributed by atoms with Gasteiger partial charge in [-0.15, -0.1) is 5.10 Å². The van der Waals surface area contributed by atoms with Crippen LogP contribution in [0.1, 0.15) is 17.4 Å². The quantitative estimate of drug-likeness (QED) is 0.361. The number of fused-ring (bicyclic) bond motifs is 1. The highest BCUT2D eigenvalue weighted by molar-refractivity contribution is 5.88. The number of methoxy groups -OCH3 is 1. The SMILES string of the molecule is COCCNC(=O)C(c1ccco1)N(Cc1ccc(F)cc1)C(=O)Cn1nnc2ccccc21. The van der Waals surface area contributed by atoms with Crippen molar-refractivity contribution < 1.29 is 23.1 Å². The highest BCUT2D eigenvalue weighted by Crippen LogP contribution is 2.25. The molecule has 0 aliphatic carbocycles. The molecule has 0 aliphatic rings. The third-order valence-corrected chi connectivity index (χ3v) is 5.27. The summed E-state index contributed by atoms with van der Waals surface area (Å²) in [6, 6.07) is 15.3. The van der Waals surface area contributed by atoms with Crippen LogP contribution in [0.3, 0.4) is 0 Å². The predicted octanol–water partition coefficient (Wildman–Crippen LogP) is 2.70. The first-order valence-corrected chi connectivity index (χ1v) is 10.7. The molecule has 4 aromatic rings. The van der Waals surface area contributed by atoms with E-state index < -0.39 is 17.8 Å².